The van der Waals surface area contributed by atoms with Gasteiger partial charge in [-0.2, -0.15) is 5.10 Å². The van der Waals surface area contributed by atoms with Crippen molar-refractivity contribution in [3.05, 3.63) is 66.2 Å². The number of carbonyl (C=O) groups excluding carboxylic acids is 1. The Hall–Kier alpha value is -3.66. The average Bonchev–Trinajstić information content (AvgIpc) is 3.47. The van der Waals surface area contributed by atoms with Gasteiger partial charge in [-0.05, 0) is 81.5 Å². The number of hydrogen-bond donors (Lipinski definition) is 1. The molecule has 0 radical (unpaired) electrons. The summed E-state index contributed by atoms with van der Waals surface area (Å²) in [6.07, 6.45) is 8.47. The maximum Gasteiger partial charge on any atom is 0.246 e. The van der Waals surface area contributed by atoms with Gasteiger partial charge in [0.05, 0.1) is 18.2 Å². The lowest BCUT2D eigenvalue weighted by molar-refractivity contribution is -0.139. The van der Waals surface area contributed by atoms with Crippen molar-refractivity contribution in [2.24, 2.45) is 22.9 Å². The van der Waals surface area contributed by atoms with Crippen molar-refractivity contribution < 1.29 is 27.8 Å². The van der Waals surface area contributed by atoms with E-state index in [1.807, 2.05) is 6.07 Å². The molecule has 1 aromatic heterocycles. The number of allylic oxidation sites excluding steroid dienone is 3. The average molecular weight is 597 g/mol. The van der Waals surface area contributed by atoms with Crippen molar-refractivity contribution in [1.29, 1.82) is 0 Å². The number of ether oxygens (including phenoxy) is 1. The Morgan fingerprint density at radius 1 is 1.14 bits per heavy atom. The van der Waals surface area contributed by atoms with Crippen molar-refractivity contribution in [3.63, 3.8) is 0 Å². The molecule has 0 saturated carbocycles. The number of nitrogens with zero attached hydrogens (tertiary/aromatic N) is 4. The van der Waals surface area contributed by atoms with Crippen LogP contribution in [0.2, 0.25) is 0 Å². The van der Waals surface area contributed by atoms with E-state index in [0.717, 1.165) is 6.08 Å². The molecule has 230 valence electrons. The Labute approximate surface area is 250 Å². The first-order valence-corrected chi connectivity index (χ1v) is 15.0. The summed E-state index contributed by atoms with van der Waals surface area (Å²) in [5.41, 5.74) is 0.307. The van der Waals surface area contributed by atoms with Gasteiger partial charge >= 0.3 is 0 Å². The van der Waals surface area contributed by atoms with Crippen LogP contribution in [0.15, 0.2) is 65.4 Å². The summed E-state index contributed by atoms with van der Waals surface area (Å²) in [6, 6.07) is 7.83. The Balaban J connectivity index is 1.21. The predicted molar refractivity (Wildman–Crippen MR) is 160 cm³/mol. The molecule has 10 heteroatoms. The number of halogens is 3. The molecule has 3 heterocycles. The Morgan fingerprint density at radius 2 is 1.91 bits per heavy atom. The Bertz CT molecular complexity index is 1410. The molecule has 3 unspecified atom stereocenters. The third-order valence-corrected chi connectivity index (χ3v) is 8.54. The predicted octanol–water partition coefficient (Wildman–Crippen LogP) is 6.59. The number of rotatable bonds is 9. The zero-order chi connectivity index (χ0) is 30.7. The minimum Gasteiger partial charge on any atom is -0.494 e. The summed E-state index contributed by atoms with van der Waals surface area (Å²) >= 11 is 0. The second-order valence-corrected chi connectivity index (χ2v) is 12.3. The summed E-state index contributed by atoms with van der Waals surface area (Å²) in [6.45, 7) is 6.77. The molecule has 1 N–H and O–H groups in total. The van der Waals surface area contributed by atoms with Crippen molar-refractivity contribution in [3.8, 4) is 16.9 Å². The van der Waals surface area contributed by atoms with Gasteiger partial charge in [-0.25, -0.2) is 23.2 Å². The minimum absolute atomic E-state index is 0.127. The zero-order valence-electron chi connectivity index (χ0n) is 24.8. The van der Waals surface area contributed by atoms with Crippen LogP contribution in [0, 0.1) is 23.6 Å². The number of aromatic nitrogens is 1. The van der Waals surface area contributed by atoms with Gasteiger partial charge in [0.25, 0.3) is 0 Å². The number of piperidine rings is 1. The standard InChI is InChI=1S/C33H39F3N4O3/c1-21-26(18-24(34)19-29(21)36)30-8-13-38-40(30)32(41)22-9-14-39(15-10-22)31-17-23(7-12-37-31)27-20-25(5-6-28(27)35)43-16-4-11-33(2,3)42/h5-7,12-13,17-22,26,30,42H,4,8-11,14-16H2,1-3H3. The van der Waals surface area contributed by atoms with Crippen molar-refractivity contribution in [1.82, 2.24) is 9.99 Å². The lowest BCUT2D eigenvalue weighted by Gasteiger charge is -2.37. The molecule has 1 aliphatic carbocycles. The molecule has 1 amide bonds. The fraction of sp³-hybridized carbons (Fsp3) is 0.485. The second-order valence-electron chi connectivity index (χ2n) is 12.3. The topological polar surface area (TPSA) is 78.3 Å². The van der Waals surface area contributed by atoms with E-state index in [1.165, 1.54) is 17.2 Å². The number of pyridine rings is 1. The van der Waals surface area contributed by atoms with E-state index in [2.05, 4.69) is 15.0 Å². The van der Waals surface area contributed by atoms with Gasteiger partial charge in [0.15, 0.2) is 0 Å². The van der Waals surface area contributed by atoms with Crippen molar-refractivity contribution in [2.45, 2.75) is 64.5 Å². The van der Waals surface area contributed by atoms with E-state index in [4.69, 9.17) is 4.74 Å². The monoisotopic (exact) mass is 596 g/mol. The zero-order valence-corrected chi connectivity index (χ0v) is 24.8. The molecule has 2 aliphatic heterocycles. The molecular formula is C33H39F3N4O3. The molecule has 0 bridgehead atoms. The number of anilines is 1. The van der Waals surface area contributed by atoms with Crippen LogP contribution in [0.4, 0.5) is 19.0 Å². The molecule has 1 aromatic carbocycles. The molecule has 5 rings (SSSR count). The molecule has 43 heavy (non-hydrogen) atoms. The fourth-order valence-electron chi connectivity index (χ4n) is 6.05. The molecule has 0 spiro atoms. The van der Waals surface area contributed by atoms with E-state index >= 15 is 0 Å². The summed E-state index contributed by atoms with van der Waals surface area (Å²) < 4.78 is 49.0. The molecule has 3 aliphatic rings. The van der Waals surface area contributed by atoms with Crippen LogP contribution in [0.5, 0.6) is 5.75 Å². The van der Waals surface area contributed by atoms with Crippen LogP contribution in [0.1, 0.15) is 52.9 Å². The summed E-state index contributed by atoms with van der Waals surface area (Å²) in [5, 5.41) is 15.6. The molecule has 1 fully saturated rings. The van der Waals surface area contributed by atoms with Gasteiger partial charge in [0.1, 0.15) is 29.0 Å². The summed E-state index contributed by atoms with van der Waals surface area (Å²) in [4.78, 5) is 20.1. The fourth-order valence-corrected chi connectivity index (χ4v) is 6.05. The van der Waals surface area contributed by atoms with Gasteiger partial charge in [0, 0.05) is 61.3 Å². The number of amides is 1. The lowest BCUT2D eigenvalue weighted by Crippen LogP contribution is -2.46. The van der Waals surface area contributed by atoms with E-state index in [0.29, 0.717) is 74.5 Å². The first-order chi connectivity index (χ1) is 20.5. The highest BCUT2D eigenvalue weighted by Crippen LogP contribution is 2.38. The summed E-state index contributed by atoms with van der Waals surface area (Å²) in [7, 11) is 0. The second kappa shape index (κ2) is 12.9. The van der Waals surface area contributed by atoms with Crippen LogP contribution < -0.4 is 9.64 Å². The normalized spacial score (nSPS) is 22.9. The minimum atomic E-state index is -0.762. The van der Waals surface area contributed by atoms with Crippen LogP contribution in [0.25, 0.3) is 11.1 Å². The van der Waals surface area contributed by atoms with Crippen LogP contribution >= 0.6 is 0 Å². The number of aliphatic hydroxyl groups is 1. The smallest absolute Gasteiger partial charge is 0.246 e. The van der Waals surface area contributed by atoms with Crippen molar-refractivity contribution in [2.75, 3.05) is 24.6 Å². The van der Waals surface area contributed by atoms with E-state index in [1.54, 1.807) is 51.4 Å². The highest BCUT2D eigenvalue weighted by atomic mass is 19.1. The van der Waals surface area contributed by atoms with Crippen molar-refractivity contribution >= 4 is 17.9 Å². The molecule has 7 nitrogen and oxygen atoms in total. The Morgan fingerprint density at radius 3 is 2.65 bits per heavy atom. The summed E-state index contributed by atoms with van der Waals surface area (Å²) in [5.74, 6) is -1.69. The number of benzene rings is 1. The van der Waals surface area contributed by atoms with Gasteiger partial charge in [-0.15, -0.1) is 0 Å². The van der Waals surface area contributed by atoms with E-state index < -0.39 is 35.1 Å². The first kappa shape index (κ1) is 30.8. The highest BCUT2D eigenvalue weighted by Gasteiger charge is 2.41. The number of hydrazone groups is 1. The SMILES string of the molecule is CC1C(F)=CC(F)=CC1C1CC=NN1C(=O)C1CCN(c2cc(-c3cc(OCCCC(C)(C)O)ccc3F)ccn2)CC1. The first-order valence-electron chi connectivity index (χ1n) is 15.0. The van der Waals surface area contributed by atoms with Crippen LogP contribution in [0.3, 0.4) is 0 Å². The molecule has 3 atom stereocenters. The van der Waals surface area contributed by atoms with Gasteiger partial charge in [-0.1, -0.05) is 6.92 Å². The number of carbonyl (C=O) groups is 1. The maximum absolute atomic E-state index is 14.9. The molecule has 1 saturated heterocycles. The highest BCUT2D eigenvalue weighted by molar-refractivity contribution is 5.82. The van der Waals surface area contributed by atoms with Crippen LogP contribution in [-0.4, -0.2) is 58.6 Å². The number of hydrogen-bond acceptors (Lipinski definition) is 6. The largest absolute Gasteiger partial charge is 0.494 e. The molecular weight excluding hydrogens is 557 g/mol. The van der Waals surface area contributed by atoms with Gasteiger partial charge in [-0.3, -0.25) is 4.79 Å². The molecule has 2 aromatic rings. The van der Waals surface area contributed by atoms with Gasteiger partial charge < -0.3 is 14.7 Å². The Kier molecular flexibility index (Phi) is 9.25. The lowest BCUT2D eigenvalue weighted by atomic mass is 9.81. The van der Waals surface area contributed by atoms with Gasteiger partial charge in [0.2, 0.25) is 5.91 Å². The van der Waals surface area contributed by atoms with Crippen LogP contribution in [-0.2, 0) is 4.79 Å². The third-order valence-electron chi connectivity index (χ3n) is 8.54. The maximum atomic E-state index is 14.9. The third kappa shape index (κ3) is 7.29. The van der Waals surface area contributed by atoms with E-state index in [-0.39, 0.29) is 17.6 Å². The quantitative estimate of drug-likeness (QED) is 0.331. The van der Waals surface area contributed by atoms with E-state index in [9.17, 15) is 23.1 Å².